The number of carbonyl (C=O) groups is 2. The molecular formula is C21H18ClNO3. The third-order valence-electron chi connectivity index (χ3n) is 4.39. The van der Waals surface area contributed by atoms with Crippen LogP contribution in [-0.4, -0.2) is 28.2 Å². The first kappa shape index (κ1) is 18.0. The van der Waals surface area contributed by atoms with Gasteiger partial charge in [0.15, 0.2) is 0 Å². The number of Topliss-reactive ketones (excluding diaryl/α,β-unsaturated/α-hetero) is 1. The zero-order valence-corrected chi connectivity index (χ0v) is 15.0. The van der Waals surface area contributed by atoms with Gasteiger partial charge in [-0.05, 0) is 18.6 Å². The molecule has 1 amide bonds. The molecule has 1 atom stereocenters. The van der Waals surface area contributed by atoms with E-state index in [1.807, 2.05) is 19.1 Å². The number of carbonyl (C=O) groups excluding carboxylic acids is 2. The van der Waals surface area contributed by atoms with E-state index in [1.54, 1.807) is 42.5 Å². The van der Waals surface area contributed by atoms with Crippen LogP contribution in [0.3, 0.4) is 0 Å². The van der Waals surface area contributed by atoms with Gasteiger partial charge in [0.2, 0.25) is 0 Å². The first-order chi connectivity index (χ1) is 12.5. The molecule has 1 fully saturated rings. The van der Waals surface area contributed by atoms with Crippen molar-refractivity contribution in [2.24, 2.45) is 0 Å². The van der Waals surface area contributed by atoms with Crippen molar-refractivity contribution >= 4 is 29.1 Å². The number of amides is 1. The van der Waals surface area contributed by atoms with Crippen LogP contribution in [0.15, 0.2) is 66.8 Å². The van der Waals surface area contributed by atoms with Gasteiger partial charge in [-0.15, -0.1) is 6.58 Å². The van der Waals surface area contributed by atoms with E-state index in [1.165, 1.54) is 4.90 Å². The second kappa shape index (κ2) is 7.18. The number of aliphatic hydroxyl groups excluding tert-OH is 1. The van der Waals surface area contributed by atoms with E-state index in [9.17, 15) is 14.7 Å². The van der Waals surface area contributed by atoms with Crippen molar-refractivity contribution in [2.45, 2.75) is 13.0 Å². The van der Waals surface area contributed by atoms with E-state index in [-0.39, 0.29) is 17.9 Å². The molecule has 1 saturated heterocycles. The molecule has 3 rings (SSSR count). The fourth-order valence-corrected chi connectivity index (χ4v) is 3.33. The number of hydrogen-bond acceptors (Lipinski definition) is 3. The Bertz CT molecular complexity index is 915. The summed E-state index contributed by atoms with van der Waals surface area (Å²) >= 11 is 6.32. The summed E-state index contributed by atoms with van der Waals surface area (Å²) < 4.78 is 0. The standard InChI is InChI=1S/C21H18ClNO3/c1-3-12-23-18(15-6-4-5-7-16(15)22)17(20(25)21(23)26)19(24)14-10-8-13(2)9-11-14/h3-11,18,24H,1,12H2,2H3/b19-17+/t18-/m0/s1. The van der Waals surface area contributed by atoms with Gasteiger partial charge in [-0.25, -0.2) is 0 Å². The fraction of sp³-hybridized carbons (Fsp3) is 0.143. The molecule has 1 N–H and O–H groups in total. The van der Waals surface area contributed by atoms with Crippen molar-refractivity contribution in [1.82, 2.24) is 4.90 Å². The van der Waals surface area contributed by atoms with Crippen molar-refractivity contribution in [3.05, 3.63) is 88.5 Å². The molecule has 2 aromatic carbocycles. The number of hydrogen-bond donors (Lipinski definition) is 1. The molecule has 4 nitrogen and oxygen atoms in total. The van der Waals surface area contributed by atoms with Crippen molar-refractivity contribution < 1.29 is 14.7 Å². The summed E-state index contributed by atoms with van der Waals surface area (Å²) in [5.74, 6) is -1.61. The summed E-state index contributed by atoms with van der Waals surface area (Å²) in [5.41, 5.74) is 2.12. The van der Waals surface area contributed by atoms with E-state index in [0.29, 0.717) is 16.1 Å². The van der Waals surface area contributed by atoms with Gasteiger partial charge in [-0.1, -0.05) is 65.7 Å². The number of likely N-dealkylation sites (tertiary alicyclic amines) is 1. The lowest BCUT2D eigenvalue weighted by atomic mass is 9.95. The van der Waals surface area contributed by atoms with Crippen LogP contribution in [0.4, 0.5) is 0 Å². The van der Waals surface area contributed by atoms with Gasteiger partial charge in [-0.2, -0.15) is 0 Å². The van der Waals surface area contributed by atoms with Crippen LogP contribution in [0, 0.1) is 6.92 Å². The van der Waals surface area contributed by atoms with Crippen molar-refractivity contribution in [2.75, 3.05) is 6.54 Å². The van der Waals surface area contributed by atoms with Crippen LogP contribution in [0.1, 0.15) is 22.7 Å². The Morgan fingerprint density at radius 2 is 1.85 bits per heavy atom. The maximum absolute atomic E-state index is 12.7. The summed E-state index contributed by atoms with van der Waals surface area (Å²) in [6, 6.07) is 13.3. The molecule has 0 radical (unpaired) electrons. The predicted molar refractivity (Wildman–Crippen MR) is 102 cm³/mol. The average molecular weight is 368 g/mol. The number of aliphatic hydroxyl groups is 1. The third kappa shape index (κ3) is 3.04. The molecular weight excluding hydrogens is 350 g/mol. The monoisotopic (exact) mass is 367 g/mol. The fourth-order valence-electron chi connectivity index (χ4n) is 3.09. The molecule has 2 aromatic rings. The SMILES string of the molecule is C=CCN1C(=O)C(=O)/C(=C(/O)c2ccc(C)cc2)[C@@H]1c1ccccc1Cl. The van der Waals surface area contributed by atoms with Crippen LogP contribution < -0.4 is 0 Å². The van der Waals surface area contributed by atoms with Gasteiger partial charge in [0.1, 0.15) is 5.76 Å². The van der Waals surface area contributed by atoms with Crippen LogP contribution >= 0.6 is 11.6 Å². The molecule has 5 heteroatoms. The second-order valence-corrected chi connectivity index (χ2v) is 6.53. The maximum atomic E-state index is 12.7. The number of halogens is 1. The van der Waals surface area contributed by atoms with Crippen LogP contribution in [0.5, 0.6) is 0 Å². The lowest BCUT2D eigenvalue weighted by Crippen LogP contribution is -2.29. The summed E-state index contributed by atoms with van der Waals surface area (Å²) in [7, 11) is 0. The summed E-state index contributed by atoms with van der Waals surface area (Å²) in [6.07, 6.45) is 1.54. The van der Waals surface area contributed by atoms with Crippen LogP contribution in [0.25, 0.3) is 5.76 Å². The Hall–Kier alpha value is -2.85. The molecule has 0 spiro atoms. The van der Waals surface area contributed by atoms with E-state index < -0.39 is 17.7 Å². The van der Waals surface area contributed by atoms with E-state index in [4.69, 9.17) is 11.6 Å². The molecule has 0 unspecified atom stereocenters. The molecule has 0 bridgehead atoms. The highest BCUT2D eigenvalue weighted by Gasteiger charge is 2.46. The highest BCUT2D eigenvalue weighted by molar-refractivity contribution is 6.47. The zero-order chi connectivity index (χ0) is 18.8. The highest BCUT2D eigenvalue weighted by atomic mass is 35.5. The number of aryl methyl sites for hydroxylation is 1. The quantitative estimate of drug-likeness (QED) is 0.380. The van der Waals surface area contributed by atoms with E-state index in [0.717, 1.165) is 5.56 Å². The first-order valence-electron chi connectivity index (χ1n) is 8.16. The normalized spacial score (nSPS) is 19.0. The van der Waals surface area contributed by atoms with Crippen LogP contribution in [0.2, 0.25) is 5.02 Å². The Kier molecular flexibility index (Phi) is 4.96. The molecule has 26 heavy (non-hydrogen) atoms. The number of nitrogens with zero attached hydrogens (tertiary/aromatic N) is 1. The Morgan fingerprint density at radius 1 is 1.19 bits per heavy atom. The van der Waals surface area contributed by atoms with Crippen molar-refractivity contribution in [3.63, 3.8) is 0 Å². The molecule has 1 aliphatic heterocycles. The van der Waals surface area contributed by atoms with Crippen molar-refractivity contribution in [3.8, 4) is 0 Å². The Balaban J connectivity index is 2.23. The lowest BCUT2D eigenvalue weighted by molar-refractivity contribution is -0.139. The smallest absolute Gasteiger partial charge is 0.295 e. The summed E-state index contributed by atoms with van der Waals surface area (Å²) in [6.45, 7) is 5.75. The van der Waals surface area contributed by atoms with Gasteiger partial charge >= 0.3 is 0 Å². The molecule has 1 heterocycles. The maximum Gasteiger partial charge on any atom is 0.295 e. The molecule has 0 aromatic heterocycles. The largest absolute Gasteiger partial charge is 0.507 e. The number of rotatable bonds is 4. The van der Waals surface area contributed by atoms with E-state index >= 15 is 0 Å². The Labute approximate surface area is 157 Å². The Morgan fingerprint density at radius 3 is 2.46 bits per heavy atom. The summed E-state index contributed by atoms with van der Waals surface area (Å²) in [4.78, 5) is 26.6. The minimum absolute atomic E-state index is 0.0359. The molecule has 1 aliphatic rings. The minimum atomic E-state index is -0.761. The summed E-state index contributed by atoms with van der Waals surface area (Å²) in [5, 5.41) is 11.2. The minimum Gasteiger partial charge on any atom is -0.507 e. The molecule has 132 valence electrons. The van der Waals surface area contributed by atoms with Gasteiger partial charge < -0.3 is 10.0 Å². The van der Waals surface area contributed by atoms with E-state index in [2.05, 4.69) is 6.58 Å². The predicted octanol–water partition coefficient (Wildman–Crippen LogP) is 4.26. The highest BCUT2D eigenvalue weighted by Crippen LogP contribution is 2.41. The number of ketones is 1. The molecule has 0 saturated carbocycles. The van der Waals surface area contributed by atoms with Crippen LogP contribution in [-0.2, 0) is 9.59 Å². The average Bonchev–Trinajstić information content (AvgIpc) is 2.87. The van der Waals surface area contributed by atoms with Crippen molar-refractivity contribution in [1.29, 1.82) is 0 Å². The first-order valence-corrected chi connectivity index (χ1v) is 8.54. The van der Waals surface area contributed by atoms with Gasteiger partial charge in [0.25, 0.3) is 11.7 Å². The second-order valence-electron chi connectivity index (χ2n) is 6.13. The zero-order valence-electron chi connectivity index (χ0n) is 14.3. The van der Waals surface area contributed by atoms with Gasteiger partial charge in [0.05, 0.1) is 11.6 Å². The van der Waals surface area contributed by atoms with Gasteiger partial charge in [0, 0.05) is 17.1 Å². The topological polar surface area (TPSA) is 57.6 Å². The van der Waals surface area contributed by atoms with Gasteiger partial charge in [-0.3, -0.25) is 9.59 Å². The lowest BCUT2D eigenvalue weighted by Gasteiger charge is -2.24. The number of benzene rings is 2. The third-order valence-corrected chi connectivity index (χ3v) is 4.73. The molecule has 0 aliphatic carbocycles.